The van der Waals surface area contributed by atoms with E-state index in [0.717, 1.165) is 0 Å². The smallest absolute Gasteiger partial charge is 1.00 e. The molecule has 0 fully saturated rings. The summed E-state index contributed by atoms with van der Waals surface area (Å²) >= 11 is -2.04. The molecule has 0 aliphatic rings. The predicted molar refractivity (Wildman–Crippen MR) is 98.0 cm³/mol. The van der Waals surface area contributed by atoms with Gasteiger partial charge in [0.05, 0.1) is 0 Å². The van der Waals surface area contributed by atoms with Crippen LogP contribution >= 0.6 is 0 Å². The van der Waals surface area contributed by atoms with Gasteiger partial charge in [-0.3, -0.25) is 0 Å². The second kappa shape index (κ2) is 10.2. The van der Waals surface area contributed by atoms with Gasteiger partial charge >= 0.3 is 153 Å². The molecular formula is C20H24InLi. The summed E-state index contributed by atoms with van der Waals surface area (Å²) in [5, 5.41) is 0. The zero-order chi connectivity index (χ0) is 15.0. The molecule has 0 aliphatic carbocycles. The standard InChI is InChI=1S/2C9H9.2CH3.In.Li/c2*1-2-6-9-7-4-3-5-8-9;;;;/h2*2-8H,1H2;2*1H3;;/q;;;;-1;+1/b2*6-2+;;;;. The van der Waals surface area contributed by atoms with Gasteiger partial charge in [0, 0.05) is 0 Å². The van der Waals surface area contributed by atoms with Gasteiger partial charge in [-0.05, 0) is 0 Å². The Morgan fingerprint density at radius 2 is 1.05 bits per heavy atom. The van der Waals surface area contributed by atoms with Crippen molar-refractivity contribution in [1.82, 2.24) is 0 Å². The van der Waals surface area contributed by atoms with E-state index in [1.54, 1.807) is 0 Å². The molecule has 2 aromatic carbocycles. The molecule has 0 unspecified atom stereocenters. The Hall–Kier alpha value is -0.612. The summed E-state index contributed by atoms with van der Waals surface area (Å²) in [6, 6.07) is 21.2. The molecule has 0 amide bonds. The van der Waals surface area contributed by atoms with E-state index in [1.165, 1.54) is 19.5 Å². The van der Waals surface area contributed by atoms with E-state index in [9.17, 15) is 0 Å². The van der Waals surface area contributed by atoms with Crippen LogP contribution in [-0.4, -0.2) is 20.0 Å². The van der Waals surface area contributed by atoms with E-state index in [1.807, 2.05) is 0 Å². The first-order chi connectivity index (χ1) is 10.2. The van der Waals surface area contributed by atoms with Crippen LogP contribution in [0.2, 0.25) is 17.7 Å². The Bertz CT molecular complexity index is 532. The molecule has 0 N–H and O–H groups in total. The van der Waals surface area contributed by atoms with Crippen LogP contribution in [-0.2, 0) is 0 Å². The third kappa shape index (κ3) is 7.59. The van der Waals surface area contributed by atoms with Crippen LogP contribution in [0.1, 0.15) is 11.1 Å². The van der Waals surface area contributed by atoms with Gasteiger partial charge in [0.25, 0.3) is 0 Å². The normalized spacial score (nSPS) is 11.7. The van der Waals surface area contributed by atoms with Gasteiger partial charge in [-0.1, -0.05) is 0 Å². The molecule has 0 saturated carbocycles. The summed E-state index contributed by atoms with van der Waals surface area (Å²) in [6.45, 7) is 0. The largest absolute Gasteiger partial charge is 1.00 e. The van der Waals surface area contributed by atoms with E-state index < -0.39 is 20.0 Å². The van der Waals surface area contributed by atoms with Crippen molar-refractivity contribution in [3.63, 3.8) is 0 Å². The minimum atomic E-state index is -2.04. The van der Waals surface area contributed by atoms with Crippen LogP contribution in [0.4, 0.5) is 0 Å². The molecule has 2 heteroatoms. The number of hydrogen-bond acceptors (Lipinski definition) is 0. The molecule has 0 spiro atoms. The first-order valence-corrected chi connectivity index (χ1v) is 19.1. The Morgan fingerprint density at radius 1 is 0.682 bits per heavy atom. The molecular weight excluding hydrogens is 362 g/mol. The number of rotatable bonds is 6. The molecule has 0 radical (unpaired) electrons. The molecule has 22 heavy (non-hydrogen) atoms. The molecule has 0 aliphatic heterocycles. The van der Waals surface area contributed by atoms with Gasteiger partial charge in [-0.15, -0.1) is 0 Å². The maximum absolute atomic E-state index is 2.54. The summed E-state index contributed by atoms with van der Waals surface area (Å²) in [4.78, 5) is 0. The summed E-state index contributed by atoms with van der Waals surface area (Å²) < 4.78 is 7.68. The van der Waals surface area contributed by atoms with E-state index >= 15 is 0 Å². The maximum atomic E-state index is 2.54. The average molecular weight is 386 g/mol. The summed E-state index contributed by atoms with van der Waals surface area (Å²) in [5.41, 5.74) is 2.61. The number of hydrogen-bond donors (Lipinski definition) is 0. The first kappa shape index (κ1) is 19.4. The van der Waals surface area contributed by atoms with Crippen LogP contribution < -0.4 is 18.9 Å². The van der Waals surface area contributed by atoms with Crippen LogP contribution in [0, 0.1) is 0 Å². The average Bonchev–Trinajstić information content (AvgIpc) is 2.49. The Kier molecular flexibility index (Phi) is 9.03. The summed E-state index contributed by atoms with van der Waals surface area (Å²) in [5.74, 6) is 0. The van der Waals surface area contributed by atoms with E-state index in [-0.39, 0.29) is 18.9 Å². The van der Waals surface area contributed by atoms with Gasteiger partial charge in [0.2, 0.25) is 0 Å². The molecule has 2 aromatic rings. The van der Waals surface area contributed by atoms with Crippen LogP contribution in [0.3, 0.4) is 0 Å². The fraction of sp³-hybridized carbons (Fsp3) is 0.200. The quantitative estimate of drug-likeness (QED) is 0.670. The fourth-order valence-electron chi connectivity index (χ4n) is 2.37. The minimum Gasteiger partial charge on any atom is 1.00 e. The SMILES string of the molecule is [CH3][In-]([CH3])([CH2]/C=C/c1ccccc1)[CH2]/C=C/c1ccccc1.[Li+]. The van der Waals surface area contributed by atoms with Crippen molar-refractivity contribution in [3.8, 4) is 0 Å². The van der Waals surface area contributed by atoms with Gasteiger partial charge in [-0.25, -0.2) is 0 Å². The van der Waals surface area contributed by atoms with Crippen molar-refractivity contribution in [1.29, 1.82) is 0 Å². The van der Waals surface area contributed by atoms with E-state index in [4.69, 9.17) is 0 Å². The van der Waals surface area contributed by atoms with Crippen LogP contribution in [0.25, 0.3) is 12.2 Å². The van der Waals surface area contributed by atoms with Crippen molar-refractivity contribution in [2.24, 2.45) is 0 Å². The molecule has 0 heterocycles. The third-order valence-corrected chi connectivity index (χ3v) is 12.6. The molecule has 0 nitrogen and oxygen atoms in total. The van der Waals surface area contributed by atoms with Crippen molar-refractivity contribution in [2.45, 2.75) is 17.7 Å². The Morgan fingerprint density at radius 3 is 1.41 bits per heavy atom. The predicted octanol–water partition coefficient (Wildman–Crippen LogP) is 3.13. The van der Waals surface area contributed by atoms with Gasteiger partial charge < -0.3 is 0 Å². The Labute approximate surface area is 151 Å². The fourth-order valence-corrected chi connectivity index (χ4v) is 7.90. The van der Waals surface area contributed by atoms with Gasteiger partial charge in [0.1, 0.15) is 0 Å². The van der Waals surface area contributed by atoms with Crippen molar-refractivity contribution in [2.75, 3.05) is 0 Å². The third-order valence-electron chi connectivity index (χ3n) is 3.77. The van der Waals surface area contributed by atoms with Crippen LogP contribution in [0.5, 0.6) is 0 Å². The minimum absolute atomic E-state index is 0. The maximum Gasteiger partial charge on any atom is 1.00 e. The second-order valence-electron chi connectivity index (χ2n) is 6.60. The first-order valence-electron chi connectivity index (χ1n) is 7.85. The number of allylic oxidation sites excluding steroid dienone is 2. The molecule has 0 saturated heterocycles. The zero-order valence-electron chi connectivity index (χ0n) is 14.1. The molecule has 0 atom stereocenters. The number of benzene rings is 2. The van der Waals surface area contributed by atoms with Crippen LogP contribution in [0.15, 0.2) is 72.8 Å². The van der Waals surface area contributed by atoms with Crippen molar-refractivity contribution < 1.29 is 18.9 Å². The Balaban J connectivity index is 0.00000242. The van der Waals surface area contributed by atoms with E-state index in [0.29, 0.717) is 0 Å². The van der Waals surface area contributed by atoms with Gasteiger partial charge in [0.15, 0.2) is 0 Å². The van der Waals surface area contributed by atoms with Crippen molar-refractivity contribution in [3.05, 3.63) is 83.9 Å². The van der Waals surface area contributed by atoms with Crippen molar-refractivity contribution >= 4 is 32.1 Å². The van der Waals surface area contributed by atoms with E-state index in [2.05, 4.69) is 94.3 Å². The monoisotopic (exact) mass is 386 g/mol. The molecule has 0 bridgehead atoms. The van der Waals surface area contributed by atoms with Gasteiger partial charge in [-0.2, -0.15) is 0 Å². The topological polar surface area (TPSA) is 0 Å². The molecule has 0 aromatic heterocycles. The summed E-state index contributed by atoms with van der Waals surface area (Å²) in [7, 11) is 0. The second-order valence-corrected chi connectivity index (χ2v) is 23.6. The molecule has 108 valence electrons. The zero-order valence-corrected chi connectivity index (χ0v) is 17.4. The molecule has 2 rings (SSSR count). The summed E-state index contributed by atoms with van der Waals surface area (Å²) in [6.07, 6.45) is 9.29.